The number of aryl methyl sites for hydroxylation is 1. The van der Waals surface area contributed by atoms with Crippen LogP contribution in [0.3, 0.4) is 0 Å². The molecule has 3 N–H and O–H groups in total. The number of nitrogens with zero attached hydrogens (tertiary/aromatic N) is 1. The zero-order valence-electron chi connectivity index (χ0n) is 11.1. The van der Waals surface area contributed by atoms with Crippen molar-refractivity contribution < 1.29 is 9.47 Å². The summed E-state index contributed by atoms with van der Waals surface area (Å²) in [5, 5.41) is 0.973. The molecule has 2 aromatic rings. The Hall–Kier alpha value is -2.01. The first-order chi connectivity index (χ1) is 9.28. The van der Waals surface area contributed by atoms with E-state index in [1.54, 1.807) is 14.2 Å². The topological polar surface area (TPSA) is 69.4 Å². The van der Waals surface area contributed by atoms with E-state index in [-0.39, 0.29) is 0 Å². The highest BCUT2D eigenvalue weighted by atomic mass is 16.5. The SMILES string of the molecule is COc1cc2nc3c(c(NN)c2cc1OC)CCC3. The van der Waals surface area contributed by atoms with E-state index < -0.39 is 0 Å². The Morgan fingerprint density at radius 2 is 1.89 bits per heavy atom. The van der Waals surface area contributed by atoms with E-state index in [2.05, 4.69) is 5.43 Å². The second-order valence-electron chi connectivity index (χ2n) is 4.63. The van der Waals surface area contributed by atoms with Crippen molar-refractivity contribution in [3.05, 3.63) is 23.4 Å². The average Bonchev–Trinajstić information content (AvgIpc) is 2.90. The maximum absolute atomic E-state index is 5.70. The minimum absolute atomic E-state index is 0.684. The van der Waals surface area contributed by atoms with Gasteiger partial charge in [0.1, 0.15) is 0 Å². The number of aromatic nitrogens is 1. The molecule has 100 valence electrons. The largest absolute Gasteiger partial charge is 0.493 e. The molecule has 0 amide bonds. The predicted octanol–water partition coefficient (Wildman–Crippen LogP) is 2.03. The number of anilines is 1. The number of nitrogens with two attached hydrogens (primary N) is 1. The highest BCUT2D eigenvalue weighted by Crippen LogP contribution is 2.38. The van der Waals surface area contributed by atoms with Gasteiger partial charge in [-0.2, -0.15) is 0 Å². The van der Waals surface area contributed by atoms with Gasteiger partial charge < -0.3 is 14.9 Å². The zero-order valence-corrected chi connectivity index (χ0v) is 11.1. The first-order valence-electron chi connectivity index (χ1n) is 6.32. The average molecular weight is 259 g/mol. The van der Waals surface area contributed by atoms with Crippen LogP contribution in [0.15, 0.2) is 12.1 Å². The number of rotatable bonds is 3. The molecular weight excluding hydrogens is 242 g/mol. The van der Waals surface area contributed by atoms with E-state index in [1.807, 2.05) is 12.1 Å². The molecule has 0 bridgehead atoms. The summed E-state index contributed by atoms with van der Waals surface area (Å²) in [4.78, 5) is 4.72. The number of hydrogen-bond donors (Lipinski definition) is 2. The molecule has 0 aliphatic heterocycles. The third-order valence-corrected chi connectivity index (χ3v) is 3.66. The molecule has 1 aliphatic carbocycles. The van der Waals surface area contributed by atoms with Crippen LogP contribution in [0.4, 0.5) is 5.69 Å². The van der Waals surface area contributed by atoms with Crippen molar-refractivity contribution in [1.29, 1.82) is 0 Å². The lowest BCUT2D eigenvalue weighted by Crippen LogP contribution is -2.11. The van der Waals surface area contributed by atoms with E-state index in [0.29, 0.717) is 11.5 Å². The summed E-state index contributed by atoms with van der Waals surface area (Å²) in [7, 11) is 3.25. The van der Waals surface area contributed by atoms with Crippen molar-refractivity contribution in [2.75, 3.05) is 19.6 Å². The number of hydrazine groups is 1. The van der Waals surface area contributed by atoms with Crippen molar-refractivity contribution in [2.45, 2.75) is 19.3 Å². The molecule has 1 aromatic carbocycles. The molecule has 0 spiro atoms. The Kier molecular flexibility index (Phi) is 2.91. The molecule has 0 saturated heterocycles. The molecule has 0 fully saturated rings. The number of benzene rings is 1. The van der Waals surface area contributed by atoms with Gasteiger partial charge in [-0.05, 0) is 30.9 Å². The number of nitrogens with one attached hydrogen (secondary N) is 1. The summed E-state index contributed by atoms with van der Waals surface area (Å²) in [6.07, 6.45) is 3.15. The van der Waals surface area contributed by atoms with Crippen LogP contribution in [0.5, 0.6) is 11.5 Å². The molecule has 5 heteroatoms. The van der Waals surface area contributed by atoms with Crippen molar-refractivity contribution in [3.63, 3.8) is 0 Å². The summed E-state index contributed by atoms with van der Waals surface area (Å²) in [5.41, 5.74) is 7.02. The van der Waals surface area contributed by atoms with Crippen LogP contribution in [0.1, 0.15) is 17.7 Å². The normalized spacial score (nSPS) is 13.4. The van der Waals surface area contributed by atoms with Gasteiger partial charge in [-0.25, -0.2) is 0 Å². The maximum Gasteiger partial charge on any atom is 0.162 e. The Balaban J connectivity index is 2.34. The van der Waals surface area contributed by atoms with Gasteiger partial charge in [0.15, 0.2) is 11.5 Å². The standard InChI is InChI=1S/C14H17N3O2/c1-18-12-6-9-11(7-13(12)19-2)16-10-5-3-4-8(10)14(9)17-15/h6-7H,3-5,15H2,1-2H3,(H,16,17). The van der Waals surface area contributed by atoms with E-state index >= 15 is 0 Å². The van der Waals surface area contributed by atoms with Crippen molar-refractivity contribution >= 4 is 16.6 Å². The Bertz CT molecular complexity index is 640. The molecule has 0 radical (unpaired) electrons. The zero-order chi connectivity index (χ0) is 13.4. The second kappa shape index (κ2) is 4.59. The van der Waals surface area contributed by atoms with Gasteiger partial charge in [-0.15, -0.1) is 0 Å². The summed E-state index contributed by atoms with van der Waals surface area (Å²) in [5.74, 6) is 7.07. The first kappa shape index (κ1) is 12.0. The number of fused-ring (bicyclic) bond motifs is 2. The lowest BCUT2D eigenvalue weighted by atomic mass is 10.1. The van der Waals surface area contributed by atoms with Crippen molar-refractivity contribution in [1.82, 2.24) is 4.98 Å². The fourth-order valence-corrected chi connectivity index (χ4v) is 2.75. The molecule has 3 rings (SSSR count). The van der Waals surface area contributed by atoms with Gasteiger partial charge in [0, 0.05) is 17.1 Å². The minimum Gasteiger partial charge on any atom is -0.493 e. The van der Waals surface area contributed by atoms with Crippen LogP contribution in [-0.2, 0) is 12.8 Å². The quantitative estimate of drug-likeness (QED) is 0.652. The summed E-state index contributed by atoms with van der Waals surface area (Å²) in [6.45, 7) is 0. The fourth-order valence-electron chi connectivity index (χ4n) is 2.75. The lowest BCUT2D eigenvalue weighted by Gasteiger charge is -2.14. The molecule has 1 aliphatic rings. The highest BCUT2D eigenvalue weighted by molar-refractivity contribution is 5.95. The van der Waals surface area contributed by atoms with E-state index in [1.165, 1.54) is 5.56 Å². The summed E-state index contributed by atoms with van der Waals surface area (Å²) in [6, 6.07) is 3.82. The molecule has 19 heavy (non-hydrogen) atoms. The fraction of sp³-hybridized carbons (Fsp3) is 0.357. The molecule has 5 nitrogen and oxygen atoms in total. The molecule has 0 unspecified atom stereocenters. The Morgan fingerprint density at radius 3 is 2.58 bits per heavy atom. The van der Waals surface area contributed by atoms with Crippen LogP contribution in [-0.4, -0.2) is 19.2 Å². The number of nitrogen functional groups attached to an aromatic ring is 1. The molecule has 1 heterocycles. The molecule has 1 aromatic heterocycles. The summed E-state index contributed by atoms with van der Waals surface area (Å²) < 4.78 is 10.7. The number of hydrogen-bond acceptors (Lipinski definition) is 5. The summed E-state index contributed by atoms with van der Waals surface area (Å²) >= 11 is 0. The van der Waals surface area contributed by atoms with Crippen molar-refractivity contribution in [3.8, 4) is 11.5 Å². The Labute approximate surface area is 111 Å². The van der Waals surface area contributed by atoms with Gasteiger partial charge in [-0.1, -0.05) is 0 Å². The number of pyridine rings is 1. The third-order valence-electron chi connectivity index (χ3n) is 3.66. The van der Waals surface area contributed by atoms with Gasteiger partial charge in [0.2, 0.25) is 0 Å². The number of methoxy groups -OCH3 is 2. The van der Waals surface area contributed by atoms with Gasteiger partial charge in [0.25, 0.3) is 0 Å². The van der Waals surface area contributed by atoms with E-state index in [4.69, 9.17) is 20.3 Å². The number of ether oxygens (including phenoxy) is 2. The van der Waals surface area contributed by atoms with Gasteiger partial charge in [0.05, 0.1) is 25.4 Å². The lowest BCUT2D eigenvalue weighted by molar-refractivity contribution is 0.356. The van der Waals surface area contributed by atoms with Crippen LogP contribution < -0.4 is 20.7 Å². The van der Waals surface area contributed by atoms with E-state index in [9.17, 15) is 0 Å². The molecule has 0 saturated carbocycles. The van der Waals surface area contributed by atoms with Gasteiger partial charge in [-0.3, -0.25) is 10.8 Å². The molecule has 0 atom stereocenters. The Morgan fingerprint density at radius 1 is 1.16 bits per heavy atom. The first-order valence-corrected chi connectivity index (χ1v) is 6.32. The smallest absolute Gasteiger partial charge is 0.162 e. The van der Waals surface area contributed by atoms with Gasteiger partial charge >= 0.3 is 0 Å². The predicted molar refractivity (Wildman–Crippen MR) is 74.7 cm³/mol. The molecular formula is C14H17N3O2. The van der Waals surface area contributed by atoms with Crippen LogP contribution in [0.25, 0.3) is 10.9 Å². The minimum atomic E-state index is 0.684. The van der Waals surface area contributed by atoms with Crippen LogP contribution in [0.2, 0.25) is 0 Å². The monoisotopic (exact) mass is 259 g/mol. The second-order valence-corrected chi connectivity index (χ2v) is 4.63. The van der Waals surface area contributed by atoms with Crippen LogP contribution >= 0.6 is 0 Å². The third kappa shape index (κ3) is 1.77. The highest BCUT2D eigenvalue weighted by Gasteiger charge is 2.20. The van der Waals surface area contributed by atoms with Crippen molar-refractivity contribution in [2.24, 2.45) is 5.84 Å². The van der Waals surface area contributed by atoms with Crippen LogP contribution in [0, 0.1) is 0 Å². The maximum atomic E-state index is 5.70. The van der Waals surface area contributed by atoms with E-state index in [0.717, 1.165) is 41.5 Å².